The van der Waals surface area contributed by atoms with Gasteiger partial charge in [-0.25, -0.2) is 0 Å². The highest BCUT2D eigenvalue weighted by atomic mass is 19.4. The average Bonchev–Trinajstić information content (AvgIpc) is 2.97. The van der Waals surface area contributed by atoms with Crippen LogP contribution >= 0.6 is 0 Å². The van der Waals surface area contributed by atoms with Crippen molar-refractivity contribution in [1.82, 2.24) is 5.32 Å². The molecule has 2 N–H and O–H groups in total. The van der Waals surface area contributed by atoms with Crippen LogP contribution in [-0.2, 0) is 16.0 Å². The third-order valence-electron chi connectivity index (χ3n) is 6.88. The van der Waals surface area contributed by atoms with Gasteiger partial charge in [-0.15, -0.1) is 26.3 Å². The molecule has 3 aromatic carbocycles. The van der Waals surface area contributed by atoms with Crippen LogP contribution in [0.15, 0.2) is 90.7 Å². The molecule has 13 heteroatoms. The highest BCUT2D eigenvalue weighted by Gasteiger charge is 2.32. The van der Waals surface area contributed by atoms with Crippen molar-refractivity contribution in [2.24, 2.45) is 0 Å². The van der Waals surface area contributed by atoms with Gasteiger partial charge in [0.25, 0.3) is 5.91 Å². The van der Waals surface area contributed by atoms with Crippen molar-refractivity contribution >= 4 is 11.9 Å². The molecular weight excluding hydrogens is 620 g/mol. The molecule has 0 saturated heterocycles. The van der Waals surface area contributed by atoms with Crippen LogP contribution in [0, 0.1) is 0 Å². The van der Waals surface area contributed by atoms with Crippen molar-refractivity contribution in [3.8, 4) is 22.6 Å². The van der Waals surface area contributed by atoms with Crippen molar-refractivity contribution in [3.05, 3.63) is 107 Å². The second kappa shape index (κ2) is 14.4. The van der Waals surface area contributed by atoms with Crippen LogP contribution in [0.2, 0.25) is 0 Å². The molecule has 0 fully saturated rings. The minimum atomic E-state index is -4.83. The zero-order valence-corrected chi connectivity index (χ0v) is 24.3. The summed E-state index contributed by atoms with van der Waals surface area (Å²) in [6.07, 6.45) is -5.90. The number of nitrogens with one attached hydrogen (secondary N) is 1. The van der Waals surface area contributed by atoms with E-state index in [1.165, 1.54) is 42.5 Å². The van der Waals surface area contributed by atoms with Crippen LogP contribution in [0.3, 0.4) is 0 Å². The number of carbonyl (C=O) groups excluding carboxylic acids is 1. The lowest BCUT2D eigenvalue weighted by Gasteiger charge is -2.23. The SMILES string of the molecule is CC(Cc1ccc(C(=O)NCCC(=O)O)cc1)c1cc(-c2ccc(OC(F)(F)F)cc2)ccc1OC1C=CC(OC(F)(F)F)=CC1. The molecular formula is C33H29F6NO6. The predicted molar refractivity (Wildman–Crippen MR) is 155 cm³/mol. The molecule has 1 aliphatic carbocycles. The topological polar surface area (TPSA) is 94.1 Å². The normalized spacial score (nSPS) is 15.5. The van der Waals surface area contributed by atoms with Crippen LogP contribution < -0.4 is 14.8 Å². The van der Waals surface area contributed by atoms with Crippen LogP contribution in [0.1, 0.15) is 47.2 Å². The maximum Gasteiger partial charge on any atom is 0.573 e. The number of aliphatic carboxylic acids is 1. The van der Waals surface area contributed by atoms with E-state index in [-0.39, 0.29) is 36.8 Å². The second-order valence-electron chi connectivity index (χ2n) is 10.4. The molecule has 1 aliphatic rings. The molecule has 2 atom stereocenters. The Morgan fingerprint density at radius 2 is 1.57 bits per heavy atom. The van der Waals surface area contributed by atoms with Crippen molar-refractivity contribution in [1.29, 1.82) is 0 Å². The maximum absolute atomic E-state index is 12.6. The molecule has 0 aromatic heterocycles. The van der Waals surface area contributed by atoms with Gasteiger partial charge in [-0.2, -0.15) is 0 Å². The number of carbonyl (C=O) groups is 2. The van der Waals surface area contributed by atoms with Crippen molar-refractivity contribution in [3.63, 3.8) is 0 Å². The molecule has 7 nitrogen and oxygen atoms in total. The van der Waals surface area contributed by atoms with Crippen molar-refractivity contribution in [2.45, 2.75) is 50.9 Å². The minimum absolute atomic E-state index is 0.00715. The summed E-state index contributed by atoms with van der Waals surface area (Å²) < 4.78 is 89.7. The van der Waals surface area contributed by atoms with E-state index in [4.69, 9.17) is 9.84 Å². The van der Waals surface area contributed by atoms with E-state index in [0.29, 0.717) is 28.9 Å². The van der Waals surface area contributed by atoms with Gasteiger partial charge in [-0.3, -0.25) is 9.59 Å². The Balaban J connectivity index is 1.54. The Hall–Kier alpha value is -4.94. The molecule has 0 saturated carbocycles. The number of carboxylic acids is 1. The third kappa shape index (κ3) is 10.3. The average molecular weight is 650 g/mol. The van der Waals surface area contributed by atoms with Crippen LogP contribution in [0.25, 0.3) is 11.1 Å². The van der Waals surface area contributed by atoms with Gasteiger partial charge in [-0.05, 0) is 89.2 Å². The fourth-order valence-corrected chi connectivity index (χ4v) is 4.75. The molecule has 0 aliphatic heterocycles. The number of alkyl halides is 6. The van der Waals surface area contributed by atoms with Crippen LogP contribution in [0.5, 0.6) is 11.5 Å². The van der Waals surface area contributed by atoms with Gasteiger partial charge in [-0.1, -0.05) is 37.3 Å². The summed E-state index contributed by atoms with van der Waals surface area (Å²) in [7, 11) is 0. The van der Waals surface area contributed by atoms with E-state index in [1.54, 1.807) is 36.4 Å². The summed E-state index contributed by atoms with van der Waals surface area (Å²) in [6, 6.07) is 17.4. The molecule has 2 unspecified atom stereocenters. The Morgan fingerprint density at radius 3 is 2.15 bits per heavy atom. The third-order valence-corrected chi connectivity index (χ3v) is 6.88. The smallest absolute Gasteiger partial charge is 0.486 e. The first-order valence-electron chi connectivity index (χ1n) is 14.0. The number of ether oxygens (including phenoxy) is 3. The molecule has 1 amide bonds. The number of hydrogen-bond acceptors (Lipinski definition) is 5. The van der Waals surface area contributed by atoms with Gasteiger partial charge in [0.15, 0.2) is 0 Å². The van der Waals surface area contributed by atoms with E-state index >= 15 is 0 Å². The highest BCUT2D eigenvalue weighted by Crippen LogP contribution is 2.36. The van der Waals surface area contributed by atoms with E-state index in [1.807, 2.05) is 13.0 Å². The molecule has 0 radical (unpaired) electrons. The summed E-state index contributed by atoms with van der Waals surface area (Å²) in [5.74, 6) is -1.87. The van der Waals surface area contributed by atoms with E-state index in [9.17, 15) is 35.9 Å². The van der Waals surface area contributed by atoms with E-state index in [2.05, 4.69) is 14.8 Å². The number of rotatable bonds is 12. The summed E-state index contributed by atoms with van der Waals surface area (Å²) in [5.41, 5.74) is 3.26. The molecule has 3 aromatic rings. The van der Waals surface area contributed by atoms with Gasteiger partial charge in [0, 0.05) is 18.5 Å². The van der Waals surface area contributed by atoms with Crippen LogP contribution in [0.4, 0.5) is 26.3 Å². The van der Waals surface area contributed by atoms with Crippen LogP contribution in [-0.4, -0.2) is 42.4 Å². The number of hydrogen-bond donors (Lipinski definition) is 2. The summed E-state index contributed by atoms with van der Waals surface area (Å²) in [6.45, 7) is 1.93. The standard InChI is InChI=1S/C33H29F6NO6/c1-20(18-21-2-4-23(5-3-21)31(43)40-17-16-30(41)42)28-19-24(22-6-9-26(10-7-22)45-32(34,35)36)8-15-29(28)44-25-11-13-27(14-12-25)46-33(37,38)39/h2-11,13-15,19-20,25H,12,16-18H2,1H3,(H,40,43)(H,41,42). The first kappa shape index (κ1) is 33.9. The van der Waals surface area contributed by atoms with Crippen molar-refractivity contribution < 1.29 is 55.2 Å². The lowest BCUT2D eigenvalue weighted by atomic mass is 9.90. The largest absolute Gasteiger partial charge is 0.573 e. The second-order valence-corrected chi connectivity index (χ2v) is 10.4. The van der Waals surface area contributed by atoms with Gasteiger partial charge in [0.2, 0.25) is 0 Å². The number of allylic oxidation sites excluding steroid dienone is 1. The zero-order valence-electron chi connectivity index (χ0n) is 24.3. The summed E-state index contributed by atoms with van der Waals surface area (Å²) in [4.78, 5) is 23.0. The quantitative estimate of drug-likeness (QED) is 0.194. The lowest BCUT2D eigenvalue weighted by Crippen LogP contribution is -2.25. The molecule has 0 spiro atoms. The van der Waals surface area contributed by atoms with Gasteiger partial charge in [0.05, 0.1) is 6.42 Å². The number of benzene rings is 3. The number of halogens is 6. The fourth-order valence-electron chi connectivity index (χ4n) is 4.75. The molecule has 0 heterocycles. The fraction of sp³-hybridized carbons (Fsp3) is 0.273. The van der Waals surface area contributed by atoms with Gasteiger partial charge in [0.1, 0.15) is 23.4 Å². The Labute approximate surface area is 260 Å². The number of carboxylic acid groups (broad SMARTS) is 1. The Morgan fingerprint density at radius 1 is 0.913 bits per heavy atom. The predicted octanol–water partition coefficient (Wildman–Crippen LogP) is 7.93. The molecule has 4 rings (SSSR count). The Bertz CT molecular complexity index is 1580. The Kier molecular flexibility index (Phi) is 10.7. The summed E-state index contributed by atoms with van der Waals surface area (Å²) >= 11 is 0. The first-order chi connectivity index (χ1) is 21.6. The maximum atomic E-state index is 12.6. The van der Waals surface area contributed by atoms with E-state index < -0.39 is 30.7 Å². The molecule has 46 heavy (non-hydrogen) atoms. The zero-order chi connectivity index (χ0) is 33.5. The minimum Gasteiger partial charge on any atom is -0.486 e. The molecule has 244 valence electrons. The number of amides is 1. The summed E-state index contributed by atoms with van der Waals surface area (Å²) in [5, 5.41) is 11.3. The van der Waals surface area contributed by atoms with Gasteiger partial charge < -0.3 is 24.6 Å². The highest BCUT2D eigenvalue weighted by molar-refractivity contribution is 5.94. The monoisotopic (exact) mass is 649 g/mol. The van der Waals surface area contributed by atoms with Gasteiger partial charge >= 0.3 is 18.7 Å². The van der Waals surface area contributed by atoms with Crippen molar-refractivity contribution in [2.75, 3.05) is 6.54 Å². The first-order valence-corrected chi connectivity index (χ1v) is 14.0. The van der Waals surface area contributed by atoms with E-state index in [0.717, 1.165) is 11.1 Å². The molecule has 0 bridgehead atoms. The lowest BCUT2D eigenvalue weighted by molar-refractivity contribution is -0.303.